The molecule has 35 heavy (non-hydrogen) atoms. The van der Waals surface area contributed by atoms with Gasteiger partial charge in [0.25, 0.3) is 0 Å². The Bertz CT molecular complexity index is 1390. The van der Waals surface area contributed by atoms with E-state index in [0.717, 1.165) is 24.4 Å². The average Bonchev–Trinajstić information content (AvgIpc) is 3.29. The molecule has 1 unspecified atom stereocenters. The van der Waals surface area contributed by atoms with Gasteiger partial charge in [-0.15, -0.1) is 0 Å². The van der Waals surface area contributed by atoms with Gasteiger partial charge in [0.1, 0.15) is 0 Å². The molecule has 0 saturated heterocycles. The number of fused-ring (bicyclic) bond motifs is 1. The molecule has 0 N–H and O–H groups in total. The second-order valence-corrected chi connectivity index (χ2v) is 10.7. The topological polar surface area (TPSA) is 15.6 Å². The number of rotatable bonds is 3. The van der Waals surface area contributed by atoms with E-state index >= 15 is 0 Å². The standard InChI is InChI=1S/C32H30N2S/c1-21-7-13-24(14-8-21)19-27-5-4-6-28-30(27)33-32-34(31(28)26-17-11-23(3)12-18-26)29(20-35-32)25-15-9-22(2)10-16-25/h7-20,31H,4-6H2,1-3H3. The molecule has 3 aromatic carbocycles. The van der Waals surface area contributed by atoms with E-state index in [0.29, 0.717) is 0 Å². The first-order valence-corrected chi connectivity index (χ1v) is 13.3. The highest BCUT2D eigenvalue weighted by molar-refractivity contribution is 8.16. The van der Waals surface area contributed by atoms with Crippen molar-refractivity contribution in [3.8, 4) is 0 Å². The van der Waals surface area contributed by atoms with E-state index in [4.69, 9.17) is 4.99 Å². The van der Waals surface area contributed by atoms with E-state index in [1.807, 2.05) is 0 Å². The Morgan fingerprint density at radius 2 is 1.43 bits per heavy atom. The second-order valence-electron chi connectivity index (χ2n) is 9.87. The first kappa shape index (κ1) is 22.2. The third-order valence-corrected chi connectivity index (χ3v) is 8.04. The van der Waals surface area contributed by atoms with Crippen LogP contribution in [-0.4, -0.2) is 10.1 Å². The van der Waals surface area contributed by atoms with Crippen LogP contribution in [0.15, 0.2) is 100 Å². The van der Waals surface area contributed by atoms with E-state index in [9.17, 15) is 0 Å². The van der Waals surface area contributed by atoms with Crippen LogP contribution in [0, 0.1) is 20.8 Å². The number of thioether (sulfide) groups is 1. The van der Waals surface area contributed by atoms with Crippen LogP contribution in [-0.2, 0) is 0 Å². The fourth-order valence-corrected chi connectivity index (χ4v) is 6.19. The Kier molecular flexibility index (Phi) is 5.74. The van der Waals surface area contributed by atoms with Gasteiger partial charge in [-0.3, -0.25) is 0 Å². The second kappa shape index (κ2) is 9.05. The maximum atomic E-state index is 5.31. The van der Waals surface area contributed by atoms with Gasteiger partial charge in [-0.2, -0.15) is 0 Å². The van der Waals surface area contributed by atoms with Crippen molar-refractivity contribution in [3.63, 3.8) is 0 Å². The van der Waals surface area contributed by atoms with Crippen LogP contribution in [0.5, 0.6) is 0 Å². The summed E-state index contributed by atoms with van der Waals surface area (Å²) < 4.78 is 0. The van der Waals surface area contributed by atoms with E-state index in [1.54, 1.807) is 11.8 Å². The number of amidine groups is 1. The quantitative estimate of drug-likeness (QED) is 0.378. The van der Waals surface area contributed by atoms with E-state index < -0.39 is 0 Å². The minimum Gasteiger partial charge on any atom is -0.308 e. The molecule has 2 nitrogen and oxygen atoms in total. The van der Waals surface area contributed by atoms with Crippen molar-refractivity contribution in [2.45, 2.75) is 46.1 Å². The normalized spacial score (nSPS) is 20.5. The van der Waals surface area contributed by atoms with Gasteiger partial charge in [0.15, 0.2) is 5.17 Å². The summed E-state index contributed by atoms with van der Waals surface area (Å²) in [7, 11) is 0. The van der Waals surface area contributed by atoms with Gasteiger partial charge in [0, 0.05) is 5.41 Å². The minimum atomic E-state index is 0.169. The van der Waals surface area contributed by atoms with Crippen LogP contribution in [0.25, 0.3) is 11.8 Å². The minimum absolute atomic E-state index is 0.169. The SMILES string of the molecule is Cc1ccc(C=C2CCCC3=C2N=C2SC=C(c4ccc(C)cc4)N2C3c2ccc(C)cc2)cc1. The van der Waals surface area contributed by atoms with Crippen LogP contribution >= 0.6 is 11.8 Å². The summed E-state index contributed by atoms with van der Waals surface area (Å²) in [4.78, 5) is 7.79. The summed E-state index contributed by atoms with van der Waals surface area (Å²) in [6.07, 6.45) is 5.67. The molecule has 0 spiro atoms. The molecule has 3 heteroatoms. The summed E-state index contributed by atoms with van der Waals surface area (Å²) in [5.41, 5.74) is 13.0. The molecule has 2 heterocycles. The molecular weight excluding hydrogens is 444 g/mol. The first-order valence-electron chi connectivity index (χ1n) is 12.5. The van der Waals surface area contributed by atoms with Crippen LogP contribution in [0.1, 0.15) is 58.7 Å². The predicted molar refractivity (Wildman–Crippen MR) is 150 cm³/mol. The zero-order valence-electron chi connectivity index (χ0n) is 20.6. The number of hydrogen-bond acceptors (Lipinski definition) is 3. The number of aryl methyl sites for hydroxylation is 3. The van der Waals surface area contributed by atoms with Gasteiger partial charge >= 0.3 is 0 Å². The van der Waals surface area contributed by atoms with Crippen molar-refractivity contribution in [2.75, 3.05) is 0 Å². The molecule has 2 aliphatic heterocycles. The van der Waals surface area contributed by atoms with Gasteiger partial charge in [-0.1, -0.05) is 101 Å². The zero-order chi connectivity index (χ0) is 23.9. The Labute approximate surface area is 212 Å². The summed E-state index contributed by atoms with van der Waals surface area (Å²) in [6.45, 7) is 6.45. The van der Waals surface area contributed by atoms with Crippen LogP contribution in [0.2, 0.25) is 0 Å². The lowest BCUT2D eigenvalue weighted by atomic mass is 9.82. The predicted octanol–water partition coefficient (Wildman–Crippen LogP) is 8.59. The van der Waals surface area contributed by atoms with Crippen LogP contribution in [0.3, 0.4) is 0 Å². The molecule has 0 fully saturated rings. The van der Waals surface area contributed by atoms with Gasteiger partial charge in [0.2, 0.25) is 0 Å². The number of aliphatic imine (C=N–C) groups is 1. The number of benzene rings is 3. The largest absolute Gasteiger partial charge is 0.308 e. The molecule has 0 amide bonds. The Hall–Kier alpha value is -3.30. The molecule has 6 rings (SSSR count). The molecule has 0 radical (unpaired) electrons. The van der Waals surface area contributed by atoms with Crippen LogP contribution in [0.4, 0.5) is 0 Å². The first-order chi connectivity index (χ1) is 17.1. The Morgan fingerprint density at radius 3 is 2.11 bits per heavy atom. The third kappa shape index (κ3) is 4.19. The van der Waals surface area contributed by atoms with E-state index in [2.05, 4.69) is 110 Å². The van der Waals surface area contributed by atoms with Crippen molar-refractivity contribution >= 4 is 28.7 Å². The molecule has 0 saturated carbocycles. The molecule has 1 aliphatic carbocycles. The smallest absolute Gasteiger partial charge is 0.174 e. The monoisotopic (exact) mass is 474 g/mol. The third-order valence-electron chi connectivity index (χ3n) is 7.20. The highest BCUT2D eigenvalue weighted by Gasteiger charge is 2.40. The van der Waals surface area contributed by atoms with Crippen molar-refractivity contribution in [1.82, 2.24) is 4.90 Å². The highest BCUT2D eigenvalue weighted by atomic mass is 32.2. The molecular formula is C32H30N2S. The summed E-state index contributed by atoms with van der Waals surface area (Å²) in [5, 5.41) is 3.37. The molecule has 3 aromatic rings. The van der Waals surface area contributed by atoms with Gasteiger partial charge in [0.05, 0.1) is 17.4 Å². The summed E-state index contributed by atoms with van der Waals surface area (Å²) >= 11 is 1.75. The van der Waals surface area contributed by atoms with Crippen molar-refractivity contribution in [2.24, 2.45) is 4.99 Å². The van der Waals surface area contributed by atoms with E-state index in [1.165, 1.54) is 55.9 Å². The zero-order valence-corrected chi connectivity index (χ0v) is 21.4. The Balaban J connectivity index is 1.48. The summed E-state index contributed by atoms with van der Waals surface area (Å²) in [6, 6.07) is 27.0. The maximum Gasteiger partial charge on any atom is 0.174 e. The van der Waals surface area contributed by atoms with Crippen molar-refractivity contribution in [3.05, 3.63) is 128 Å². The van der Waals surface area contributed by atoms with Crippen molar-refractivity contribution in [1.29, 1.82) is 0 Å². The van der Waals surface area contributed by atoms with Gasteiger partial charge in [-0.25, -0.2) is 4.99 Å². The Morgan fingerprint density at radius 1 is 0.800 bits per heavy atom. The number of allylic oxidation sites excluding steroid dienone is 1. The highest BCUT2D eigenvalue weighted by Crippen LogP contribution is 2.51. The number of nitrogens with zero attached hydrogens (tertiary/aromatic N) is 2. The van der Waals surface area contributed by atoms with Crippen LogP contribution < -0.4 is 0 Å². The fraction of sp³-hybridized carbons (Fsp3) is 0.219. The average molecular weight is 475 g/mol. The number of hydrogen-bond donors (Lipinski definition) is 0. The summed E-state index contributed by atoms with van der Waals surface area (Å²) in [5.74, 6) is 0. The molecule has 1 atom stereocenters. The van der Waals surface area contributed by atoms with Gasteiger partial charge < -0.3 is 4.90 Å². The lowest BCUT2D eigenvalue weighted by molar-refractivity contribution is 0.458. The molecule has 0 aromatic heterocycles. The molecule has 0 bridgehead atoms. The van der Waals surface area contributed by atoms with E-state index in [-0.39, 0.29) is 6.04 Å². The lowest BCUT2D eigenvalue weighted by Crippen LogP contribution is -2.34. The lowest BCUT2D eigenvalue weighted by Gasteiger charge is -2.40. The van der Waals surface area contributed by atoms with Crippen molar-refractivity contribution < 1.29 is 0 Å². The van der Waals surface area contributed by atoms with Gasteiger partial charge in [-0.05, 0) is 73.9 Å². The molecule has 3 aliphatic rings. The molecule has 174 valence electrons. The maximum absolute atomic E-state index is 5.31. The fourth-order valence-electron chi connectivity index (χ4n) is 5.26.